The Bertz CT molecular complexity index is 218. The third-order valence-electron chi connectivity index (χ3n) is 2.03. The summed E-state index contributed by atoms with van der Waals surface area (Å²) in [6.07, 6.45) is 2.09. The fourth-order valence-electron chi connectivity index (χ4n) is 1.59. The van der Waals surface area contributed by atoms with Crippen LogP contribution in [0.25, 0.3) is 0 Å². The highest BCUT2D eigenvalue weighted by atomic mass is 28.4. The van der Waals surface area contributed by atoms with Gasteiger partial charge in [-0.2, -0.15) is 0 Å². The highest BCUT2D eigenvalue weighted by Gasteiger charge is 2.42. The van der Waals surface area contributed by atoms with Gasteiger partial charge in [0, 0.05) is 19.3 Å². The molecule has 0 atom stereocenters. The molecule has 0 heterocycles. The molecule has 5 nitrogen and oxygen atoms in total. The minimum atomic E-state index is -2.60. The van der Waals surface area contributed by atoms with Crippen molar-refractivity contribution in [1.82, 2.24) is 0 Å². The summed E-state index contributed by atoms with van der Waals surface area (Å²) in [7, 11) is -2.60. The lowest BCUT2D eigenvalue weighted by atomic mass is 10.4. The van der Waals surface area contributed by atoms with Crippen molar-refractivity contribution >= 4 is 8.80 Å². The first-order valence-electron chi connectivity index (χ1n) is 6.16. The highest BCUT2D eigenvalue weighted by molar-refractivity contribution is 6.61. The van der Waals surface area contributed by atoms with Crippen LogP contribution < -0.4 is 11.5 Å². The summed E-state index contributed by atoms with van der Waals surface area (Å²) in [5.41, 5.74) is 11.0. The molecule has 0 aromatic carbocycles. The van der Waals surface area contributed by atoms with Gasteiger partial charge in [-0.15, -0.1) is 0 Å². The van der Waals surface area contributed by atoms with Crippen molar-refractivity contribution in [3.05, 3.63) is 11.8 Å². The Kier molecular flexibility index (Phi) is 8.45. The van der Waals surface area contributed by atoms with Crippen molar-refractivity contribution in [1.29, 1.82) is 0 Å². The summed E-state index contributed by atoms with van der Waals surface area (Å²) in [6.45, 7) is 8.93. The van der Waals surface area contributed by atoms with Gasteiger partial charge in [0.1, 0.15) is 0 Å². The standard InChI is InChI=1S/C11H26N2O3Si/c1-5-8-17(14-6-2,15-7-3)16-10(4)9-11(12)13/h9,11H,5-8,12-13H2,1-4H3. The van der Waals surface area contributed by atoms with E-state index >= 15 is 0 Å². The van der Waals surface area contributed by atoms with Crippen LogP contribution in [0.5, 0.6) is 0 Å². The summed E-state index contributed by atoms with van der Waals surface area (Å²) in [5, 5.41) is 0. The first-order valence-corrected chi connectivity index (χ1v) is 8.09. The van der Waals surface area contributed by atoms with Crippen LogP contribution in [-0.4, -0.2) is 28.2 Å². The Balaban J connectivity index is 4.75. The maximum Gasteiger partial charge on any atom is 0.565 e. The highest BCUT2D eigenvalue weighted by Crippen LogP contribution is 2.21. The first kappa shape index (κ1) is 16.6. The van der Waals surface area contributed by atoms with Crippen LogP contribution in [0.4, 0.5) is 0 Å². The van der Waals surface area contributed by atoms with E-state index < -0.39 is 15.0 Å². The molecule has 0 aliphatic heterocycles. The summed E-state index contributed by atoms with van der Waals surface area (Å²) < 4.78 is 17.3. The zero-order valence-corrected chi connectivity index (χ0v) is 12.4. The minimum absolute atomic E-state index is 0.522. The lowest BCUT2D eigenvalue weighted by Crippen LogP contribution is -2.45. The third kappa shape index (κ3) is 6.80. The first-order chi connectivity index (χ1) is 7.99. The minimum Gasteiger partial charge on any atom is -0.505 e. The number of hydrogen-bond donors (Lipinski definition) is 2. The van der Waals surface area contributed by atoms with Gasteiger partial charge in [0.05, 0.1) is 11.9 Å². The molecule has 0 aromatic rings. The molecule has 0 unspecified atom stereocenters. The van der Waals surface area contributed by atoms with Gasteiger partial charge in [-0.25, -0.2) is 0 Å². The van der Waals surface area contributed by atoms with Crippen molar-refractivity contribution in [2.45, 2.75) is 46.3 Å². The zero-order valence-electron chi connectivity index (χ0n) is 11.4. The normalized spacial score (nSPS) is 13.2. The zero-order chi connectivity index (χ0) is 13.3. The van der Waals surface area contributed by atoms with Crippen LogP contribution in [0, 0.1) is 0 Å². The van der Waals surface area contributed by atoms with Gasteiger partial charge < -0.3 is 24.7 Å². The van der Waals surface area contributed by atoms with E-state index in [4.69, 9.17) is 24.7 Å². The number of hydrogen-bond acceptors (Lipinski definition) is 5. The third-order valence-corrected chi connectivity index (χ3v) is 5.23. The molecule has 0 fully saturated rings. The van der Waals surface area contributed by atoms with Crippen LogP contribution in [0.15, 0.2) is 11.8 Å². The van der Waals surface area contributed by atoms with E-state index in [9.17, 15) is 0 Å². The molecule has 102 valence electrons. The number of nitrogens with two attached hydrogens (primary N) is 2. The van der Waals surface area contributed by atoms with E-state index in [1.807, 2.05) is 20.8 Å². The van der Waals surface area contributed by atoms with Crippen LogP contribution in [0.1, 0.15) is 34.1 Å². The molecule has 6 heteroatoms. The Hall–Kier alpha value is -0.403. The van der Waals surface area contributed by atoms with Gasteiger partial charge >= 0.3 is 8.80 Å². The summed E-state index contributed by atoms with van der Waals surface area (Å²) in [6, 6.07) is 0.791. The van der Waals surface area contributed by atoms with Crippen LogP contribution in [0.2, 0.25) is 6.04 Å². The second kappa shape index (κ2) is 8.65. The maximum absolute atomic E-state index is 5.87. The monoisotopic (exact) mass is 262 g/mol. The molecule has 0 radical (unpaired) electrons. The summed E-state index contributed by atoms with van der Waals surface area (Å²) in [4.78, 5) is 0. The van der Waals surface area contributed by atoms with Crippen molar-refractivity contribution < 1.29 is 13.3 Å². The largest absolute Gasteiger partial charge is 0.565 e. The number of allylic oxidation sites excluding steroid dienone is 1. The van der Waals surface area contributed by atoms with Crippen LogP contribution in [-0.2, 0) is 13.3 Å². The molecule has 0 saturated heterocycles. The van der Waals surface area contributed by atoms with Gasteiger partial charge in [0.15, 0.2) is 0 Å². The lowest BCUT2D eigenvalue weighted by molar-refractivity contribution is 0.0913. The van der Waals surface area contributed by atoms with Gasteiger partial charge in [-0.3, -0.25) is 0 Å². The fourth-order valence-corrected chi connectivity index (χ4v) is 4.23. The van der Waals surface area contributed by atoms with E-state index in [2.05, 4.69) is 6.92 Å². The molecule has 17 heavy (non-hydrogen) atoms. The van der Waals surface area contributed by atoms with Gasteiger partial charge in [-0.1, -0.05) is 13.3 Å². The van der Waals surface area contributed by atoms with Crippen LogP contribution in [0.3, 0.4) is 0 Å². The predicted molar refractivity (Wildman–Crippen MR) is 71.1 cm³/mol. The second-order valence-corrected chi connectivity index (χ2v) is 6.40. The Labute approximate surface area is 105 Å². The average Bonchev–Trinajstić information content (AvgIpc) is 2.16. The summed E-state index contributed by atoms with van der Waals surface area (Å²) in [5.74, 6) is 0.669. The molecule has 0 rings (SSSR count). The van der Waals surface area contributed by atoms with Crippen molar-refractivity contribution in [2.24, 2.45) is 11.5 Å². The van der Waals surface area contributed by atoms with Gasteiger partial charge in [0.2, 0.25) is 0 Å². The lowest BCUT2D eigenvalue weighted by Gasteiger charge is -2.29. The molecular formula is C11H26N2O3Si. The van der Waals surface area contributed by atoms with Gasteiger partial charge in [-0.05, 0) is 26.8 Å². The SMILES string of the molecule is CCC[Si](OCC)(OCC)OC(C)=CC(N)N. The topological polar surface area (TPSA) is 79.7 Å². The Morgan fingerprint density at radius 1 is 1.18 bits per heavy atom. The predicted octanol–water partition coefficient (Wildman–Crippen LogP) is 1.57. The van der Waals surface area contributed by atoms with Crippen molar-refractivity contribution in [2.75, 3.05) is 13.2 Å². The molecular weight excluding hydrogens is 236 g/mol. The quantitative estimate of drug-likeness (QED) is 0.374. The van der Waals surface area contributed by atoms with Crippen LogP contribution >= 0.6 is 0 Å². The molecule has 4 N–H and O–H groups in total. The summed E-state index contributed by atoms with van der Waals surface area (Å²) >= 11 is 0. The molecule has 0 aromatic heterocycles. The molecule has 0 aliphatic rings. The van der Waals surface area contributed by atoms with E-state index in [1.54, 1.807) is 6.08 Å². The molecule has 0 saturated carbocycles. The van der Waals surface area contributed by atoms with Crippen molar-refractivity contribution in [3.63, 3.8) is 0 Å². The molecule has 0 bridgehead atoms. The smallest absolute Gasteiger partial charge is 0.505 e. The Morgan fingerprint density at radius 3 is 2.06 bits per heavy atom. The fraction of sp³-hybridized carbons (Fsp3) is 0.818. The van der Waals surface area contributed by atoms with E-state index in [0.717, 1.165) is 12.5 Å². The molecule has 0 spiro atoms. The van der Waals surface area contributed by atoms with Gasteiger partial charge in [0.25, 0.3) is 0 Å². The molecule has 0 aliphatic carbocycles. The van der Waals surface area contributed by atoms with Crippen molar-refractivity contribution in [3.8, 4) is 0 Å². The average molecular weight is 262 g/mol. The Morgan fingerprint density at radius 2 is 1.71 bits per heavy atom. The number of rotatable bonds is 9. The maximum atomic E-state index is 5.87. The van der Waals surface area contributed by atoms with E-state index in [1.165, 1.54) is 0 Å². The second-order valence-electron chi connectivity index (χ2n) is 3.76. The van der Waals surface area contributed by atoms with E-state index in [0.29, 0.717) is 19.0 Å². The van der Waals surface area contributed by atoms with E-state index in [-0.39, 0.29) is 0 Å². The molecule has 0 amide bonds.